The van der Waals surface area contributed by atoms with Crippen LogP contribution in [-0.2, 0) is 11.8 Å². The molecule has 0 bridgehead atoms. The number of imidazole rings is 1. The van der Waals surface area contributed by atoms with Crippen molar-refractivity contribution < 1.29 is 4.79 Å². The van der Waals surface area contributed by atoms with Crippen molar-refractivity contribution in [2.24, 2.45) is 7.05 Å². The summed E-state index contributed by atoms with van der Waals surface area (Å²) in [5.41, 5.74) is 3.25. The van der Waals surface area contributed by atoms with Crippen LogP contribution in [-0.4, -0.2) is 64.7 Å². The minimum atomic E-state index is -0.451. The number of benzene rings is 1. The summed E-state index contributed by atoms with van der Waals surface area (Å²) in [5, 5.41) is 3.52. The van der Waals surface area contributed by atoms with Gasteiger partial charge in [0.05, 0.1) is 29.4 Å². The van der Waals surface area contributed by atoms with Crippen molar-refractivity contribution in [2.75, 3.05) is 5.32 Å². The molecular weight excluding hydrogens is 392 g/mol. The molecule has 0 saturated carbocycles. The molecule has 6 nitrogen and oxygen atoms in total. The average Bonchev–Trinajstić information content (AvgIpc) is 3.21. The zero-order valence-corrected chi connectivity index (χ0v) is 17.2. The van der Waals surface area contributed by atoms with Crippen molar-refractivity contribution in [3.05, 3.63) is 48.6 Å². The zero-order valence-electron chi connectivity index (χ0n) is 17.2. The van der Waals surface area contributed by atoms with Crippen LogP contribution in [0.2, 0.25) is 0 Å². The van der Waals surface area contributed by atoms with E-state index in [0.717, 1.165) is 16.8 Å². The highest BCUT2D eigenvalue weighted by Crippen LogP contribution is 2.21. The number of hydrogen-bond acceptors (Lipinski definition) is 4. The molecule has 0 saturated heterocycles. The molecule has 4 rings (SSSR count). The summed E-state index contributed by atoms with van der Waals surface area (Å²) >= 11 is 0. The second-order valence-electron chi connectivity index (χ2n) is 7.15. The second-order valence-corrected chi connectivity index (χ2v) is 7.15. The number of anilines is 1. The molecule has 0 fully saturated rings. The Kier molecular flexibility index (Phi) is 5.83. The van der Waals surface area contributed by atoms with Gasteiger partial charge in [-0.15, -0.1) is 16.4 Å². The molecule has 10 radical (unpaired) electrons. The van der Waals surface area contributed by atoms with Crippen molar-refractivity contribution in [3.63, 3.8) is 0 Å². The lowest BCUT2D eigenvalue weighted by molar-refractivity contribution is -0.111. The summed E-state index contributed by atoms with van der Waals surface area (Å²) in [6, 6.07) is 5.48. The van der Waals surface area contributed by atoms with Gasteiger partial charge in [-0.2, -0.15) is 0 Å². The van der Waals surface area contributed by atoms with Crippen LogP contribution in [0.3, 0.4) is 0 Å². The van der Waals surface area contributed by atoms with E-state index in [1.807, 2.05) is 23.7 Å². The number of carbonyl (C=O) groups is 1. The van der Waals surface area contributed by atoms with E-state index in [-0.39, 0.29) is 27.3 Å². The van der Waals surface area contributed by atoms with Crippen LogP contribution in [0.4, 0.5) is 5.82 Å². The highest BCUT2D eigenvalue weighted by Gasteiger charge is 2.10. The summed E-state index contributed by atoms with van der Waals surface area (Å²) in [5.74, 6) is -0.119. The van der Waals surface area contributed by atoms with Crippen LogP contribution in [0.5, 0.6) is 0 Å². The van der Waals surface area contributed by atoms with Gasteiger partial charge in [0.1, 0.15) is 45.0 Å². The molecule has 0 aliphatic heterocycles. The Morgan fingerprint density at radius 2 is 1.69 bits per heavy atom. The quantitative estimate of drug-likeness (QED) is 0.306. The van der Waals surface area contributed by atoms with Crippen molar-refractivity contribution in [1.29, 1.82) is 0 Å². The smallest absolute Gasteiger partial charge is 0.249 e. The molecule has 0 spiro atoms. The molecule has 142 valence electrons. The van der Waals surface area contributed by atoms with Gasteiger partial charge in [-0.05, 0) is 17.7 Å². The van der Waals surface area contributed by atoms with Crippen LogP contribution in [0, 0.1) is 0 Å². The average molecular weight is 404 g/mol. The fourth-order valence-corrected chi connectivity index (χ4v) is 3.21. The van der Waals surface area contributed by atoms with Gasteiger partial charge in [-0.3, -0.25) is 4.79 Å². The lowest BCUT2D eigenvalue weighted by Crippen LogP contribution is -2.55. The third-order valence-electron chi connectivity index (χ3n) is 5.05. The summed E-state index contributed by atoms with van der Waals surface area (Å²) in [7, 11) is 31.3. The first-order valence-electron chi connectivity index (χ1n) is 9.50. The van der Waals surface area contributed by atoms with Gasteiger partial charge in [0.2, 0.25) is 5.91 Å². The zero-order chi connectivity index (χ0) is 23.0. The van der Waals surface area contributed by atoms with E-state index in [1.54, 1.807) is 24.8 Å². The number of amides is 1. The van der Waals surface area contributed by atoms with Crippen LogP contribution in [0.25, 0.3) is 28.4 Å². The van der Waals surface area contributed by atoms with Crippen molar-refractivity contribution in [3.8, 4) is 11.4 Å². The van der Waals surface area contributed by atoms with E-state index in [2.05, 4.69) is 20.3 Å². The highest BCUT2D eigenvalue weighted by atomic mass is 16.1. The number of rotatable bonds is 4. The number of carbonyl (C=O) groups excluding carboxylic acids is 1. The molecule has 3 heterocycles. The van der Waals surface area contributed by atoms with Gasteiger partial charge in [0.15, 0.2) is 0 Å². The monoisotopic (exact) mass is 405 g/mol. The Bertz CT molecular complexity index is 1370. The standard InChI is InChI=1S/C21H12B5N5O/c1-31-9-27-8-14(31)12-4-2-10-7-28-15(6-13(10)29-12)30-16(32)5-3-11-17(22)19(24)21(26)20(25)18(11)23/h2-9H,1H3,(H,28,30,32)/b5-3+. The maximum atomic E-state index is 12.4. The summed E-state index contributed by atoms with van der Waals surface area (Å²) in [4.78, 5) is 25.5. The topological polar surface area (TPSA) is 72.7 Å². The highest BCUT2D eigenvalue weighted by molar-refractivity contribution is 6.67. The van der Waals surface area contributed by atoms with E-state index in [9.17, 15) is 4.79 Å². The maximum absolute atomic E-state index is 12.4. The number of hydrogen-bond donors (Lipinski definition) is 1. The lowest BCUT2D eigenvalue weighted by atomic mass is 9.60. The number of fused-ring (bicyclic) bond motifs is 1. The van der Waals surface area contributed by atoms with Gasteiger partial charge in [0.25, 0.3) is 0 Å². The Labute approximate surface area is 192 Å². The molecule has 0 aliphatic rings. The van der Waals surface area contributed by atoms with Crippen LogP contribution in [0.15, 0.2) is 43.0 Å². The van der Waals surface area contributed by atoms with Crippen molar-refractivity contribution >= 4 is 95.2 Å². The summed E-state index contributed by atoms with van der Waals surface area (Å²) in [6.07, 6.45) is 7.74. The Morgan fingerprint density at radius 3 is 2.34 bits per heavy atom. The number of pyridine rings is 2. The van der Waals surface area contributed by atoms with E-state index < -0.39 is 5.91 Å². The van der Waals surface area contributed by atoms with Crippen molar-refractivity contribution in [1.82, 2.24) is 19.5 Å². The predicted molar refractivity (Wildman–Crippen MR) is 133 cm³/mol. The summed E-state index contributed by atoms with van der Waals surface area (Å²) in [6.45, 7) is 0. The third kappa shape index (κ3) is 4.02. The van der Waals surface area contributed by atoms with E-state index >= 15 is 0 Å². The molecule has 4 aromatic rings. The molecule has 1 amide bonds. The first-order valence-corrected chi connectivity index (χ1v) is 9.50. The Hall–Kier alpha value is -3.48. The number of aryl methyl sites for hydroxylation is 1. The second kappa shape index (κ2) is 8.57. The lowest BCUT2D eigenvalue weighted by Gasteiger charge is -2.18. The minimum Gasteiger partial charge on any atom is -0.332 e. The molecule has 1 N–H and O–H groups in total. The van der Waals surface area contributed by atoms with Crippen molar-refractivity contribution in [2.45, 2.75) is 0 Å². The molecule has 1 aromatic carbocycles. The van der Waals surface area contributed by atoms with Gasteiger partial charge in [-0.1, -0.05) is 17.0 Å². The predicted octanol–water partition coefficient (Wildman–Crippen LogP) is -2.35. The van der Waals surface area contributed by atoms with E-state index in [4.69, 9.17) is 39.2 Å². The molecular formula is C21H12B5N5O. The first-order chi connectivity index (χ1) is 15.3. The third-order valence-corrected chi connectivity index (χ3v) is 5.05. The van der Waals surface area contributed by atoms with Gasteiger partial charge < -0.3 is 9.88 Å². The first kappa shape index (κ1) is 21.7. The van der Waals surface area contributed by atoms with E-state index in [0.29, 0.717) is 16.9 Å². The summed E-state index contributed by atoms with van der Waals surface area (Å²) < 4.78 is 1.87. The molecule has 0 unspecified atom stereocenters. The Balaban J connectivity index is 1.58. The fraction of sp³-hybridized carbons (Fsp3) is 0.0476. The normalized spacial score (nSPS) is 11.3. The van der Waals surface area contributed by atoms with Gasteiger partial charge in [0, 0.05) is 30.8 Å². The van der Waals surface area contributed by atoms with E-state index in [1.165, 1.54) is 12.2 Å². The largest absolute Gasteiger partial charge is 0.332 e. The maximum Gasteiger partial charge on any atom is 0.249 e. The van der Waals surface area contributed by atoms with Crippen LogP contribution >= 0.6 is 0 Å². The molecule has 0 aliphatic carbocycles. The Morgan fingerprint density at radius 1 is 1.00 bits per heavy atom. The minimum absolute atomic E-state index is 0.111. The molecule has 32 heavy (non-hydrogen) atoms. The SMILES string of the molecule is [B]c1c([B])c([B])c(/C=C/C(=O)Nc2cc3nc(-c4cncn4C)ccc3cn2)c([B])c1[B]. The number of nitrogens with one attached hydrogen (secondary N) is 1. The fourth-order valence-electron chi connectivity index (χ4n) is 3.21. The number of nitrogens with zero attached hydrogens (tertiary/aromatic N) is 4. The van der Waals surface area contributed by atoms with Crippen LogP contribution < -0.4 is 32.6 Å². The van der Waals surface area contributed by atoms with Gasteiger partial charge in [-0.25, -0.2) is 15.0 Å². The van der Waals surface area contributed by atoms with Gasteiger partial charge >= 0.3 is 0 Å². The number of aromatic nitrogens is 4. The van der Waals surface area contributed by atoms with Crippen LogP contribution in [0.1, 0.15) is 5.56 Å². The molecule has 11 heteroatoms. The molecule has 0 atom stereocenters. The molecule has 3 aromatic heterocycles.